The summed E-state index contributed by atoms with van der Waals surface area (Å²) >= 11 is 0. The highest BCUT2D eigenvalue weighted by molar-refractivity contribution is 5.84. The average molecular weight is 254 g/mol. The van der Waals surface area contributed by atoms with Gasteiger partial charge in [0.05, 0.1) is 12.7 Å². The first kappa shape index (κ1) is 11.9. The Hall–Kier alpha value is -2.16. The topological polar surface area (TPSA) is 17.8 Å². The van der Waals surface area contributed by atoms with Gasteiger partial charge in [-0.05, 0) is 24.1 Å². The molecule has 0 radical (unpaired) electrons. The smallest absolute Gasteiger partial charge is 0.146 e. The van der Waals surface area contributed by atoms with Crippen molar-refractivity contribution in [3.63, 3.8) is 0 Å². The van der Waals surface area contributed by atoms with E-state index in [1.54, 1.807) is 12.3 Å². The Morgan fingerprint density at radius 2 is 2.00 bits per heavy atom. The van der Waals surface area contributed by atoms with Crippen molar-refractivity contribution in [3.8, 4) is 0 Å². The predicted molar refractivity (Wildman–Crippen MR) is 74.6 cm³/mol. The van der Waals surface area contributed by atoms with Gasteiger partial charge in [-0.3, -0.25) is 4.98 Å². The zero-order chi connectivity index (χ0) is 13.2. The van der Waals surface area contributed by atoms with E-state index in [9.17, 15) is 4.39 Å². The summed E-state index contributed by atoms with van der Waals surface area (Å²) in [6, 6.07) is 9.98. The predicted octanol–water partition coefficient (Wildman–Crippen LogP) is 3.79. The number of para-hydroxylation sites is 1. The lowest BCUT2D eigenvalue weighted by Crippen LogP contribution is -2.00. The number of pyridine rings is 1. The molecule has 3 heteroatoms. The molecule has 0 amide bonds. The van der Waals surface area contributed by atoms with E-state index in [0.717, 1.165) is 11.9 Å². The van der Waals surface area contributed by atoms with Gasteiger partial charge in [0, 0.05) is 28.9 Å². The van der Waals surface area contributed by atoms with Crippen molar-refractivity contribution in [3.05, 3.63) is 65.9 Å². The van der Waals surface area contributed by atoms with Crippen LogP contribution in [0.15, 0.2) is 48.9 Å². The maximum absolute atomic E-state index is 13.7. The monoisotopic (exact) mass is 254 g/mol. The number of hydrogen-bond acceptors (Lipinski definition) is 1. The van der Waals surface area contributed by atoms with Crippen molar-refractivity contribution in [2.24, 2.45) is 0 Å². The Labute approximate surface area is 111 Å². The average Bonchev–Trinajstić information content (AvgIpc) is 2.80. The molecular formula is C16H15FN2. The molecule has 0 aliphatic carbocycles. The van der Waals surface area contributed by atoms with Gasteiger partial charge in [-0.25, -0.2) is 4.39 Å². The van der Waals surface area contributed by atoms with Crippen molar-refractivity contribution in [1.82, 2.24) is 9.55 Å². The Morgan fingerprint density at radius 3 is 2.79 bits per heavy atom. The molecule has 0 unspecified atom stereocenters. The zero-order valence-corrected chi connectivity index (χ0v) is 10.8. The second kappa shape index (κ2) is 4.84. The van der Waals surface area contributed by atoms with E-state index in [1.807, 2.05) is 12.1 Å². The summed E-state index contributed by atoms with van der Waals surface area (Å²) in [6.45, 7) is 2.67. The number of rotatable bonds is 3. The zero-order valence-electron chi connectivity index (χ0n) is 10.8. The highest BCUT2D eigenvalue weighted by atomic mass is 19.1. The lowest BCUT2D eigenvalue weighted by atomic mass is 10.1. The van der Waals surface area contributed by atoms with Crippen LogP contribution in [0.2, 0.25) is 0 Å². The third-order valence-electron chi connectivity index (χ3n) is 3.45. The summed E-state index contributed by atoms with van der Waals surface area (Å²) in [5.41, 5.74) is 3.11. The molecule has 96 valence electrons. The SMILES string of the molecule is CCc1cn(Cc2ccncc2F)c2ccccc12. The number of aryl methyl sites for hydroxylation is 1. The van der Waals surface area contributed by atoms with Gasteiger partial charge >= 0.3 is 0 Å². The highest BCUT2D eigenvalue weighted by Crippen LogP contribution is 2.23. The van der Waals surface area contributed by atoms with E-state index in [2.05, 4.69) is 34.8 Å². The molecule has 0 aliphatic heterocycles. The van der Waals surface area contributed by atoms with Gasteiger partial charge in [0.15, 0.2) is 0 Å². The molecule has 0 aliphatic rings. The summed E-state index contributed by atoms with van der Waals surface area (Å²) in [7, 11) is 0. The van der Waals surface area contributed by atoms with Gasteiger partial charge in [-0.2, -0.15) is 0 Å². The number of hydrogen-bond donors (Lipinski definition) is 0. The summed E-state index contributed by atoms with van der Waals surface area (Å²) in [4.78, 5) is 3.79. The molecule has 0 saturated heterocycles. The molecule has 2 nitrogen and oxygen atoms in total. The molecule has 0 saturated carbocycles. The normalized spacial score (nSPS) is 11.1. The molecule has 2 heterocycles. The number of aromatic nitrogens is 2. The van der Waals surface area contributed by atoms with Crippen LogP contribution in [0.5, 0.6) is 0 Å². The number of nitrogens with zero attached hydrogens (tertiary/aromatic N) is 2. The van der Waals surface area contributed by atoms with Gasteiger partial charge in [0.2, 0.25) is 0 Å². The molecule has 1 aromatic carbocycles. The number of fused-ring (bicyclic) bond motifs is 1. The minimum atomic E-state index is -0.252. The molecule has 0 atom stereocenters. The summed E-state index contributed by atoms with van der Waals surface area (Å²) in [5, 5.41) is 1.25. The number of benzene rings is 1. The van der Waals surface area contributed by atoms with E-state index < -0.39 is 0 Å². The summed E-state index contributed by atoms with van der Waals surface area (Å²) in [6.07, 6.45) is 5.99. The Kier molecular flexibility index (Phi) is 3.03. The Bertz CT molecular complexity index is 716. The van der Waals surface area contributed by atoms with Gasteiger partial charge < -0.3 is 4.57 Å². The van der Waals surface area contributed by atoms with Gasteiger partial charge in [0.1, 0.15) is 5.82 Å². The van der Waals surface area contributed by atoms with Crippen LogP contribution >= 0.6 is 0 Å². The molecule has 19 heavy (non-hydrogen) atoms. The van der Waals surface area contributed by atoms with Crippen LogP contribution in [0, 0.1) is 5.82 Å². The fourth-order valence-electron chi connectivity index (χ4n) is 2.45. The largest absolute Gasteiger partial charge is 0.343 e. The molecule has 0 fully saturated rings. The molecule has 0 bridgehead atoms. The first-order valence-electron chi connectivity index (χ1n) is 6.44. The maximum Gasteiger partial charge on any atom is 0.146 e. The van der Waals surface area contributed by atoms with E-state index in [-0.39, 0.29) is 5.82 Å². The number of halogens is 1. The van der Waals surface area contributed by atoms with Crippen LogP contribution in [-0.4, -0.2) is 9.55 Å². The van der Waals surface area contributed by atoms with Gasteiger partial charge in [-0.15, -0.1) is 0 Å². The highest BCUT2D eigenvalue weighted by Gasteiger charge is 2.08. The van der Waals surface area contributed by atoms with Crippen molar-refractivity contribution in [1.29, 1.82) is 0 Å². The van der Waals surface area contributed by atoms with Crippen LogP contribution in [-0.2, 0) is 13.0 Å². The van der Waals surface area contributed by atoms with Gasteiger partial charge in [-0.1, -0.05) is 25.1 Å². The minimum absolute atomic E-state index is 0.252. The van der Waals surface area contributed by atoms with Crippen molar-refractivity contribution in [2.45, 2.75) is 19.9 Å². The second-order valence-electron chi connectivity index (χ2n) is 4.62. The fourth-order valence-corrected chi connectivity index (χ4v) is 2.45. The first-order chi connectivity index (χ1) is 9.29. The third kappa shape index (κ3) is 2.12. The van der Waals surface area contributed by atoms with E-state index in [0.29, 0.717) is 12.1 Å². The molecule has 0 N–H and O–H groups in total. The van der Waals surface area contributed by atoms with Gasteiger partial charge in [0.25, 0.3) is 0 Å². The van der Waals surface area contributed by atoms with Crippen LogP contribution in [0.1, 0.15) is 18.1 Å². The molecule has 3 rings (SSSR count). The Balaban J connectivity index is 2.09. The van der Waals surface area contributed by atoms with E-state index in [1.165, 1.54) is 17.1 Å². The summed E-state index contributed by atoms with van der Waals surface area (Å²) < 4.78 is 15.8. The van der Waals surface area contributed by atoms with E-state index >= 15 is 0 Å². The van der Waals surface area contributed by atoms with Crippen molar-refractivity contribution in [2.75, 3.05) is 0 Å². The third-order valence-corrected chi connectivity index (χ3v) is 3.45. The quantitative estimate of drug-likeness (QED) is 0.695. The Morgan fingerprint density at radius 1 is 1.16 bits per heavy atom. The second-order valence-corrected chi connectivity index (χ2v) is 4.62. The van der Waals surface area contributed by atoms with Crippen LogP contribution in [0.25, 0.3) is 10.9 Å². The lowest BCUT2D eigenvalue weighted by molar-refractivity contribution is 0.595. The molecule has 2 aromatic heterocycles. The minimum Gasteiger partial charge on any atom is -0.343 e. The maximum atomic E-state index is 13.7. The van der Waals surface area contributed by atoms with Crippen LogP contribution < -0.4 is 0 Å². The first-order valence-corrected chi connectivity index (χ1v) is 6.44. The van der Waals surface area contributed by atoms with E-state index in [4.69, 9.17) is 0 Å². The van der Waals surface area contributed by atoms with Crippen LogP contribution in [0.4, 0.5) is 4.39 Å². The fraction of sp³-hybridized carbons (Fsp3) is 0.188. The van der Waals surface area contributed by atoms with Crippen molar-refractivity contribution >= 4 is 10.9 Å². The molecule has 3 aromatic rings. The lowest BCUT2D eigenvalue weighted by Gasteiger charge is -2.06. The standard InChI is InChI=1S/C16H15FN2/c1-2-12-10-19(16-6-4-3-5-14(12)16)11-13-7-8-18-9-15(13)17/h3-10H,2,11H2,1H3. The molecular weight excluding hydrogens is 239 g/mol. The molecule has 0 spiro atoms. The van der Waals surface area contributed by atoms with Crippen molar-refractivity contribution < 1.29 is 4.39 Å². The summed E-state index contributed by atoms with van der Waals surface area (Å²) in [5.74, 6) is -0.252. The van der Waals surface area contributed by atoms with Crippen LogP contribution in [0.3, 0.4) is 0 Å².